The van der Waals surface area contributed by atoms with Crippen molar-refractivity contribution in [3.05, 3.63) is 54.6 Å². The number of amides is 2. The number of ether oxygens (including phenoxy) is 2. The van der Waals surface area contributed by atoms with E-state index in [1.165, 1.54) is 0 Å². The van der Waals surface area contributed by atoms with E-state index >= 15 is 0 Å². The molecule has 2 amide bonds. The SMILES string of the molecule is O=C(NCCCN1CCOCC1)NCCOc1ccccc1-c1ccccc1. The molecule has 0 radical (unpaired) electrons. The van der Waals surface area contributed by atoms with E-state index in [0.717, 1.165) is 56.1 Å². The normalized spacial score (nSPS) is 14.4. The van der Waals surface area contributed by atoms with Crippen LogP contribution in [0.4, 0.5) is 4.79 Å². The molecule has 0 atom stereocenters. The second-order valence-corrected chi connectivity index (χ2v) is 6.70. The standard InChI is InChI=1S/C22H29N3O3/c26-22(23-11-6-13-25-14-17-27-18-15-25)24-12-16-28-21-10-5-4-9-20(21)19-7-2-1-3-8-19/h1-5,7-10H,6,11-18H2,(H2,23,24,26). The monoisotopic (exact) mass is 383 g/mol. The summed E-state index contributed by atoms with van der Waals surface area (Å²) in [5.74, 6) is 0.821. The summed E-state index contributed by atoms with van der Waals surface area (Å²) in [5, 5.41) is 5.74. The van der Waals surface area contributed by atoms with Gasteiger partial charge in [0.25, 0.3) is 0 Å². The van der Waals surface area contributed by atoms with Gasteiger partial charge in [-0.05, 0) is 24.6 Å². The van der Waals surface area contributed by atoms with Crippen molar-refractivity contribution < 1.29 is 14.3 Å². The van der Waals surface area contributed by atoms with Crippen LogP contribution in [0.5, 0.6) is 5.75 Å². The predicted octanol–water partition coefficient (Wildman–Crippen LogP) is 2.75. The fourth-order valence-electron chi connectivity index (χ4n) is 3.17. The van der Waals surface area contributed by atoms with Crippen LogP contribution in [0.15, 0.2) is 54.6 Å². The third kappa shape index (κ3) is 6.55. The van der Waals surface area contributed by atoms with E-state index in [1.807, 2.05) is 42.5 Å². The molecule has 6 heteroatoms. The van der Waals surface area contributed by atoms with Crippen LogP contribution in [0.1, 0.15) is 6.42 Å². The molecule has 2 aromatic rings. The first-order valence-electron chi connectivity index (χ1n) is 9.92. The molecule has 1 fully saturated rings. The van der Waals surface area contributed by atoms with Gasteiger partial charge in [-0.3, -0.25) is 4.90 Å². The third-order valence-corrected chi connectivity index (χ3v) is 4.66. The molecule has 1 aliphatic heterocycles. The lowest BCUT2D eigenvalue weighted by Gasteiger charge is -2.26. The van der Waals surface area contributed by atoms with Crippen molar-refractivity contribution in [2.75, 3.05) is 52.5 Å². The zero-order chi connectivity index (χ0) is 19.4. The molecule has 2 N–H and O–H groups in total. The topological polar surface area (TPSA) is 62.8 Å². The third-order valence-electron chi connectivity index (χ3n) is 4.66. The molecule has 1 saturated heterocycles. The summed E-state index contributed by atoms with van der Waals surface area (Å²) in [4.78, 5) is 14.2. The number of carbonyl (C=O) groups excluding carboxylic acids is 1. The van der Waals surface area contributed by atoms with E-state index in [9.17, 15) is 4.79 Å². The van der Waals surface area contributed by atoms with Gasteiger partial charge in [0.2, 0.25) is 0 Å². The molecule has 0 bridgehead atoms. The number of hydrogen-bond acceptors (Lipinski definition) is 4. The number of morpholine rings is 1. The van der Waals surface area contributed by atoms with Gasteiger partial charge in [-0.2, -0.15) is 0 Å². The van der Waals surface area contributed by atoms with E-state index in [2.05, 4.69) is 27.7 Å². The summed E-state index contributed by atoms with van der Waals surface area (Å²) < 4.78 is 11.2. The molecule has 0 saturated carbocycles. The van der Waals surface area contributed by atoms with Gasteiger partial charge in [-0.25, -0.2) is 4.79 Å². The lowest BCUT2D eigenvalue weighted by atomic mass is 10.1. The zero-order valence-electron chi connectivity index (χ0n) is 16.2. The van der Waals surface area contributed by atoms with Crippen molar-refractivity contribution in [2.45, 2.75) is 6.42 Å². The average molecular weight is 383 g/mol. The molecule has 0 unspecified atom stereocenters. The Labute approximate surface area is 166 Å². The summed E-state index contributed by atoms with van der Waals surface area (Å²) in [6.45, 7) is 6.11. The van der Waals surface area contributed by atoms with Gasteiger partial charge in [0.05, 0.1) is 19.8 Å². The summed E-state index contributed by atoms with van der Waals surface area (Å²) >= 11 is 0. The molecule has 150 valence electrons. The summed E-state index contributed by atoms with van der Waals surface area (Å²) in [6.07, 6.45) is 0.939. The maximum absolute atomic E-state index is 11.9. The molecule has 0 aliphatic carbocycles. The van der Waals surface area contributed by atoms with E-state index in [4.69, 9.17) is 9.47 Å². The van der Waals surface area contributed by atoms with Crippen LogP contribution < -0.4 is 15.4 Å². The van der Waals surface area contributed by atoms with Crippen molar-refractivity contribution in [1.82, 2.24) is 15.5 Å². The molecule has 0 spiro atoms. The first kappa shape index (κ1) is 20.2. The van der Waals surface area contributed by atoms with Crippen LogP contribution in [0, 0.1) is 0 Å². The Balaban J connectivity index is 1.32. The molecule has 6 nitrogen and oxygen atoms in total. The highest BCUT2D eigenvalue weighted by Gasteiger charge is 2.09. The lowest BCUT2D eigenvalue weighted by Crippen LogP contribution is -2.40. The van der Waals surface area contributed by atoms with Gasteiger partial charge in [0, 0.05) is 25.2 Å². The van der Waals surface area contributed by atoms with Gasteiger partial charge in [0.1, 0.15) is 12.4 Å². The minimum atomic E-state index is -0.151. The van der Waals surface area contributed by atoms with Crippen LogP contribution >= 0.6 is 0 Å². The first-order chi connectivity index (χ1) is 13.8. The number of hydrogen-bond donors (Lipinski definition) is 2. The highest BCUT2D eigenvalue weighted by atomic mass is 16.5. The number of nitrogens with one attached hydrogen (secondary N) is 2. The summed E-state index contributed by atoms with van der Waals surface area (Å²) in [6, 6.07) is 17.9. The average Bonchev–Trinajstić information content (AvgIpc) is 2.76. The fraction of sp³-hybridized carbons (Fsp3) is 0.409. The van der Waals surface area contributed by atoms with Gasteiger partial charge in [0.15, 0.2) is 0 Å². The minimum Gasteiger partial charge on any atom is -0.491 e. The van der Waals surface area contributed by atoms with Gasteiger partial charge >= 0.3 is 6.03 Å². The van der Waals surface area contributed by atoms with Crippen molar-refractivity contribution in [1.29, 1.82) is 0 Å². The molecule has 2 aromatic carbocycles. The Kier molecular flexibility index (Phi) is 8.15. The Morgan fingerprint density at radius 1 is 0.964 bits per heavy atom. The Morgan fingerprint density at radius 3 is 2.50 bits per heavy atom. The number of benzene rings is 2. The molecule has 1 heterocycles. The van der Waals surface area contributed by atoms with Crippen LogP contribution in [0.2, 0.25) is 0 Å². The van der Waals surface area contributed by atoms with Crippen LogP contribution in [-0.2, 0) is 4.74 Å². The van der Waals surface area contributed by atoms with Crippen LogP contribution in [0.25, 0.3) is 11.1 Å². The molecule has 3 rings (SSSR count). The number of urea groups is 1. The van der Waals surface area contributed by atoms with Crippen LogP contribution in [0.3, 0.4) is 0 Å². The Hall–Kier alpha value is -2.57. The fourth-order valence-corrected chi connectivity index (χ4v) is 3.17. The maximum atomic E-state index is 11.9. The highest BCUT2D eigenvalue weighted by molar-refractivity contribution is 5.73. The number of para-hydroxylation sites is 1. The first-order valence-corrected chi connectivity index (χ1v) is 9.92. The van der Waals surface area contributed by atoms with Crippen molar-refractivity contribution in [3.63, 3.8) is 0 Å². The van der Waals surface area contributed by atoms with Gasteiger partial charge < -0.3 is 20.1 Å². The maximum Gasteiger partial charge on any atom is 0.314 e. The number of carbonyl (C=O) groups is 1. The van der Waals surface area contributed by atoms with Crippen LogP contribution in [-0.4, -0.2) is 63.5 Å². The molecule has 0 aromatic heterocycles. The second-order valence-electron chi connectivity index (χ2n) is 6.70. The van der Waals surface area contributed by atoms with Gasteiger partial charge in [-0.15, -0.1) is 0 Å². The van der Waals surface area contributed by atoms with E-state index in [1.54, 1.807) is 0 Å². The van der Waals surface area contributed by atoms with Crippen molar-refractivity contribution in [3.8, 4) is 16.9 Å². The molecular weight excluding hydrogens is 354 g/mol. The quantitative estimate of drug-likeness (QED) is 0.654. The number of rotatable bonds is 9. The summed E-state index contributed by atoms with van der Waals surface area (Å²) in [7, 11) is 0. The van der Waals surface area contributed by atoms with E-state index in [-0.39, 0.29) is 6.03 Å². The lowest BCUT2D eigenvalue weighted by molar-refractivity contribution is 0.0375. The largest absolute Gasteiger partial charge is 0.491 e. The van der Waals surface area contributed by atoms with E-state index in [0.29, 0.717) is 19.7 Å². The Morgan fingerprint density at radius 2 is 1.68 bits per heavy atom. The van der Waals surface area contributed by atoms with Crippen molar-refractivity contribution in [2.24, 2.45) is 0 Å². The highest BCUT2D eigenvalue weighted by Crippen LogP contribution is 2.29. The zero-order valence-corrected chi connectivity index (χ0v) is 16.2. The van der Waals surface area contributed by atoms with Crippen molar-refractivity contribution >= 4 is 6.03 Å². The molecule has 1 aliphatic rings. The minimum absolute atomic E-state index is 0.151. The molecular formula is C22H29N3O3. The molecule has 28 heavy (non-hydrogen) atoms. The van der Waals surface area contributed by atoms with E-state index < -0.39 is 0 Å². The van der Waals surface area contributed by atoms with Gasteiger partial charge in [-0.1, -0.05) is 48.5 Å². The number of nitrogens with zero attached hydrogens (tertiary/aromatic N) is 1. The summed E-state index contributed by atoms with van der Waals surface area (Å²) in [5.41, 5.74) is 2.17. The predicted molar refractivity (Wildman–Crippen MR) is 111 cm³/mol. The Bertz CT molecular complexity index is 718. The smallest absolute Gasteiger partial charge is 0.314 e. The second kappa shape index (κ2) is 11.3.